The molecule has 0 aliphatic heterocycles. The number of rotatable bonds is 5. The lowest BCUT2D eigenvalue weighted by atomic mass is 9.82. The van der Waals surface area contributed by atoms with Crippen LogP contribution in [0.15, 0.2) is 0 Å². The number of carbonyl (C=O) groups excluding carboxylic acids is 1. The third kappa shape index (κ3) is 2.84. The van der Waals surface area contributed by atoms with Crippen LogP contribution in [0.2, 0.25) is 0 Å². The summed E-state index contributed by atoms with van der Waals surface area (Å²) in [6.45, 7) is 2.99. The number of halogens is 1. The minimum atomic E-state index is -0.00866. The number of hydrogen-bond donors (Lipinski definition) is 1. The Morgan fingerprint density at radius 2 is 2.07 bits per heavy atom. The minimum absolute atomic E-state index is 0.00866. The first-order valence-corrected chi connectivity index (χ1v) is 7.12. The lowest BCUT2D eigenvalue weighted by molar-refractivity contribution is -0.131. The smallest absolute Gasteiger partial charge is 0.226 e. The summed E-state index contributed by atoms with van der Waals surface area (Å²) in [5.74, 6) is 0.308. The Kier molecular flexibility index (Phi) is 5.20. The second-order valence-corrected chi connectivity index (χ2v) is 5.22. The molecule has 1 saturated carbocycles. The van der Waals surface area contributed by atoms with Gasteiger partial charge in [0, 0.05) is 16.4 Å². The second-order valence-electron chi connectivity index (χ2n) is 4.14. The van der Waals surface area contributed by atoms with Gasteiger partial charge in [-0.1, -0.05) is 42.4 Å². The fourth-order valence-corrected chi connectivity index (χ4v) is 2.63. The first kappa shape index (κ1) is 12.3. The van der Waals surface area contributed by atoms with Crippen LogP contribution in [0.4, 0.5) is 0 Å². The topological polar surface area (TPSA) is 29.1 Å². The highest BCUT2D eigenvalue weighted by Crippen LogP contribution is 2.40. The highest BCUT2D eigenvalue weighted by molar-refractivity contribution is 14.1. The minimum Gasteiger partial charge on any atom is -0.356 e. The van der Waals surface area contributed by atoms with Crippen LogP contribution in [0.3, 0.4) is 0 Å². The summed E-state index contributed by atoms with van der Waals surface area (Å²) in [5.41, 5.74) is -0.00866. The van der Waals surface area contributed by atoms with Gasteiger partial charge < -0.3 is 5.32 Å². The van der Waals surface area contributed by atoms with Crippen molar-refractivity contribution in [3.05, 3.63) is 0 Å². The fraction of sp³-hybridized carbons (Fsp3) is 0.909. The lowest BCUT2D eigenvalue weighted by Crippen LogP contribution is -2.39. The standard InChI is InChI=1S/C11H20INO/c1-2-11(6-3-4-7-11)10(14)13-9-5-8-12/h2-9H2,1H3,(H,13,14). The van der Waals surface area contributed by atoms with Crippen molar-refractivity contribution in [1.82, 2.24) is 5.32 Å². The van der Waals surface area contributed by atoms with Gasteiger partial charge in [-0.25, -0.2) is 0 Å². The van der Waals surface area contributed by atoms with Crippen LogP contribution in [0.25, 0.3) is 0 Å². The maximum atomic E-state index is 12.0. The zero-order valence-electron chi connectivity index (χ0n) is 8.94. The summed E-state index contributed by atoms with van der Waals surface area (Å²) >= 11 is 2.34. The van der Waals surface area contributed by atoms with E-state index < -0.39 is 0 Å². The summed E-state index contributed by atoms with van der Waals surface area (Å²) in [5, 5.41) is 3.07. The molecule has 1 aliphatic rings. The maximum absolute atomic E-state index is 12.0. The van der Waals surface area contributed by atoms with Gasteiger partial charge in [-0.3, -0.25) is 4.79 Å². The molecule has 82 valence electrons. The molecule has 0 aromatic rings. The summed E-state index contributed by atoms with van der Waals surface area (Å²) in [4.78, 5) is 12.0. The largest absolute Gasteiger partial charge is 0.356 e. The van der Waals surface area contributed by atoms with E-state index in [1.165, 1.54) is 12.8 Å². The van der Waals surface area contributed by atoms with Crippen molar-refractivity contribution in [2.24, 2.45) is 5.41 Å². The van der Waals surface area contributed by atoms with E-state index >= 15 is 0 Å². The molecule has 1 fully saturated rings. The molecule has 1 rings (SSSR count). The highest BCUT2D eigenvalue weighted by Gasteiger charge is 2.38. The van der Waals surface area contributed by atoms with Crippen molar-refractivity contribution in [1.29, 1.82) is 0 Å². The predicted octanol–water partition coefficient (Wildman–Crippen LogP) is 2.90. The molecule has 0 radical (unpaired) electrons. The molecule has 0 unspecified atom stereocenters. The third-order valence-electron chi connectivity index (χ3n) is 3.32. The first-order chi connectivity index (χ1) is 6.75. The van der Waals surface area contributed by atoms with Crippen molar-refractivity contribution >= 4 is 28.5 Å². The number of nitrogens with one attached hydrogen (secondary N) is 1. The Morgan fingerprint density at radius 1 is 1.43 bits per heavy atom. The monoisotopic (exact) mass is 309 g/mol. The van der Waals surface area contributed by atoms with Crippen LogP contribution in [0.1, 0.15) is 45.4 Å². The zero-order valence-corrected chi connectivity index (χ0v) is 11.1. The number of amides is 1. The Balaban J connectivity index is 2.40. The Bertz CT molecular complexity index is 188. The summed E-state index contributed by atoms with van der Waals surface area (Å²) < 4.78 is 1.12. The molecule has 0 aromatic heterocycles. The van der Waals surface area contributed by atoms with E-state index in [0.717, 1.165) is 36.7 Å². The van der Waals surface area contributed by atoms with Gasteiger partial charge in [0.1, 0.15) is 0 Å². The molecule has 0 aromatic carbocycles. The summed E-state index contributed by atoms with van der Waals surface area (Å²) in [7, 11) is 0. The van der Waals surface area contributed by atoms with E-state index in [2.05, 4.69) is 34.8 Å². The maximum Gasteiger partial charge on any atom is 0.226 e. The number of carbonyl (C=O) groups is 1. The van der Waals surface area contributed by atoms with Crippen molar-refractivity contribution < 1.29 is 4.79 Å². The van der Waals surface area contributed by atoms with E-state index in [9.17, 15) is 4.79 Å². The van der Waals surface area contributed by atoms with Crippen LogP contribution in [-0.4, -0.2) is 16.9 Å². The molecule has 1 aliphatic carbocycles. The molecular weight excluding hydrogens is 289 g/mol. The molecular formula is C11H20INO. The molecule has 14 heavy (non-hydrogen) atoms. The Morgan fingerprint density at radius 3 is 2.57 bits per heavy atom. The SMILES string of the molecule is CCC1(C(=O)NCCCI)CCCC1. The molecule has 1 amide bonds. The Labute approximate surface area is 100 Å². The van der Waals surface area contributed by atoms with E-state index in [-0.39, 0.29) is 5.41 Å². The van der Waals surface area contributed by atoms with E-state index in [1.54, 1.807) is 0 Å². The van der Waals surface area contributed by atoms with Gasteiger partial charge in [-0.2, -0.15) is 0 Å². The van der Waals surface area contributed by atoms with Gasteiger partial charge >= 0.3 is 0 Å². The van der Waals surface area contributed by atoms with Gasteiger partial charge in [0.15, 0.2) is 0 Å². The van der Waals surface area contributed by atoms with Gasteiger partial charge in [-0.15, -0.1) is 0 Å². The van der Waals surface area contributed by atoms with Gasteiger partial charge in [-0.05, 0) is 25.7 Å². The van der Waals surface area contributed by atoms with Crippen molar-refractivity contribution in [3.8, 4) is 0 Å². The summed E-state index contributed by atoms with van der Waals surface area (Å²) in [6, 6.07) is 0. The fourth-order valence-electron chi connectivity index (χ4n) is 2.25. The normalized spacial score (nSPS) is 19.6. The summed E-state index contributed by atoms with van der Waals surface area (Å²) in [6.07, 6.45) is 6.75. The number of hydrogen-bond acceptors (Lipinski definition) is 1. The van der Waals surface area contributed by atoms with Gasteiger partial charge in [0.05, 0.1) is 0 Å². The molecule has 1 N–H and O–H groups in total. The van der Waals surface area contributed by atoms with E-state index in [0.29, 0.717) is 5.91 Å². The van der Waals surface area contributed by atoms with Gasteiger partial charge in [0.2, 0.25) is 5.91 Å². The van der Waals surface area contributed by atoms with Crippen molar-refractivity contribution in [3.63, 3.8) is 0 Å². The van der Waals surface area contributed by atoms with Crippen LogP contribution in [-0.2, 0) is 4.79 Å². The molecule has 2 nitrogen and oxygen atoms in total. The molecule has 3 heteroatoms. The predicted molar refractivity (Wildman–Crippen MR) is 67.7 cm³/mol. The molecule has 0 bridgehead atoms. The highest BCUT2D eigenvalue weighted by atomic mass is 127. The Hall–Kier alpha value is 0.200. The second kappa shape index (κ2) is 5.93. The van der Waals surface area contributed by atoms with E-state index in [1.807, 2.05) is 0 Å². The van der Waals surface area contributed by atoms with E-state index in [4.69, 9.17) is 0 Å². The zero-order chi connectivity index (χ0) is 10.4. The average molecular weight is 309 g/mol. The van der Waals surface area contributed by atoms with Gasteiger partial charge in [0.25, 0.3) is 0 Å². The molecule has 0 heterocycles. The van der Waals surface area contributed by atoms with Crippen LogP contribution in [0, 0.1) is 5.41 Å². The molecule has 0 atom stereocenters. The van der Waals surface area contributed by atoms with Crippen molar-refractivity contribution in [2.45, 2.75) is 45.4 Å². The van der Waals surface area contributed by atoms with Crippen LogP contribution in [0.5, 0.6) is 0 Å². The molecule has 0 saturated heterocycles. The lowest BCUT2D eigenvalue weighted by Gasteiger charge is -2.25. The van der Waals surface area contributed by atoms with Crippen LogP contribution < -0.4 is 5.32 Å². The average Bonchev–Trinajstić information content (AvgIpc) is 2.67. The molecule has 0 spiro atoms. The van der Waals surface area contributed by atoms with Crippen LogP contribution >= 0.6 is 22.6 Å². The van der Waals surface area contributed by atoms with Crippen molar-refractivity contribution in [2.75, 3.05) is 11.0 Å². The quantitative estimate of drug-likeness (QED) is 0.472. The first-order valence-electron chi connectivity index (χ1n) is 5.59. The number of alkyl halides is 1. The third-order valence-corrected chi connectivity index (χ3v) is 4.08.